The summed E-state index contributed by atoms with van der Waals surface area (Å²) in [5.74, 6) is 0.905. The number of anilines is 1. The van der Waals surface area contributed by atoms with Crippen molar-refractivity contribution in [3.8, 4) is 17.5 Å². The van der Waals surface area contributed by atoms with Gasteiger partial charge in [0.05, 0.1) is 6.10 Å². The molecule has 0 saturated carbocycles. The maximum Gasteiger partial charge on any atom is 0.235 e. The van der Waals surface area contributed by atoms with Crippen LogP contribution in [0.15, 0.2) is 34.7 Å². The molecule has 3 rings (SSSR count). The fourth-order valence-electron chi connectivity index (χ4n) is 2.44. The predicted molar refractivity (Wildman–Crippen MR) is 74.1 cm³/mol. The first-order valence-electron chi connectivity index (χ1n) is 6.67. The first kappa shape index (κ1) is 12.7. The van der Waals surface area contributed by atoms with Crippen molar-refractivity contribution in [2.45, 2.75) is 18.9 Å². The monoisotopic (exact) mass is 269 g/mol. The zero-order valence-corrected chi connectivity index (χ0v) is 11.0. The lowest BCUT2D eigenvalue weighted by Gasteiger charge is -2.29. The second-order valence-corrected chi connectivity index (χ2v) is 4.89. The number of aromatic nitrogens is 1. The lowest BCUT2D eigenvalue weighted by Crippen LogP contribution is -2.38. The van der Waals surface area contributed by atoms with Crippen LogP contribution >= 0.6 is 0 Å². The van der Waals surface area contributed by atoms with Gasteiger partial charge in [0.2, 0.25) is 17.5 Å². The molecule has 2 aromatic rings. The molecule has 102 valence electrons. The fourth-order valence-corrected chi connectivity index (χ4v) is 2.44. The molecule has 1 saturated heterocycles. The van der Waals surface area contributed by atoms with Crippen molar-refractivity contribution in [3.63, 3.8) is 0 Å². The van der Waals surface area contributed by atoms with Crippen LogP contribution in [0.4, 0.5) is 5.88 Å². The molecule has 1 aliphatic heterocycles. The first-order valence-corrected chi connectivity index (χ1v) is 6.67. The van der Waals surface area contributed by atoms with E-state index in [1.807, 2.05) is 35.2 Å². The van der Waals surface area contributed by atoms with Gasteiger partial charge in [0.25, 0.3) is 0 Å². The van der Waals surface area contributed by atoms with E-state index in [0.29, 0.717) is 18.3 Å². The molecule has 2 heterocycles. The molecule has 0 aliphatic carbocycles. The van der Waals surface area contributed by atoms with Gasteiger partial charge in [-0.25, -0.2) is 0 Å². The van der Waals surface area contributed by atoms with Crippen LogP contribution in [0, 0.1) is 11.3 Å². The smallest absolute Gasteiger partial charge is 0.235 e. The standard InChI is InChI=1S/C15H15N3O2/c16-9-13-15(18-8-4-7-12(19)10-18)20-14(17-13)11-5-2-1-3-6-11/h1-3,5-6,12,19H,4,7-8,10H2/t12-/m1/s1. The van der Waals surface area contributed by atoms with Crippen LogP contribution in [0.2, 0.25) is 0 Å². The number of hydrogen-bond donors (Lipinski definition) is 1. The maximum atomic E-state index is 9.74. The van der Waals surface area contributed by atoms with Crippen molar-refractivity contribution >= 4 is 5.88 Å². The van der Waals surface area contributed by atoms with E-state index in [1.54, 1.807) is 0 Å². The summed E-state index contributed by atoms with van der Waals surface area (Å²) in [6.07, 6.45) is 1.30. The highest BCUT2D eigenvalue weighted by molar-refractivity contribution is 5.59. The Kier molecular flexibility index (Phi) is 3.40. The summed E-state index contributed by atoms with van der Waals surface area (Å²) in [6, 6.07) is 11.6. The van der Waals surface area contributed by atoms with E-state index in [4.69, 9.17) is 4.42 Å². The van der Waals surface area contributed by atoms with E-state index in [1.165, 1.54) is 0 Å². The number of nitrogens with zero attached hydrogens (tertiary/aromatic N) is 3. The minimum Gasteiger partial charge on any atom is -0.419 e. The minimum absolute atomic E-state index is 0.276. The van der Waals surface area contributed by atoms with Crippen molar-refractivity contribution in [1.29, 1.82) is 5.26 Å². The van der Waals surface area contributed by atoms with Crippen LogP contribution in [0.5, 0.6) is 0 Å². The molecule has 0 bridgehead atoms. The van der Waals surface area contributed by atoms with Gasteiger partial charge in [0, 0.05) is 18.7 Å². The molecule has 1 atom stereocenters. The number of piperidine rings is 1. The van der Waals surface area contributed by atoms with Crippen molar-refractivity contribution in [1.82, 2.24) is 4.98 Å². The quantitative estimate of drug-likeness (QED) is 0.904. The fraction of sp³-hybridized carbons (Fsp3) is 0.333. The number of nitriles is 1. The van der Waals surface area contributed by atoms with Crippen molar-refractivity contribution in [2.24, 2.45) is 0 Å². The Labute approximate surface area is 117 Å². The Morgan fingerprint density at radius 2 is 2.15 bits per heavy atom. The van der Waals surface area contributed by atoms with E-state index in [2.05, 4.69) is 11.1 Å². The molecule has 20 heavy (non-hydrogen) atoms. The number of aliphatic hydroxyl groups is 1. The number of hydrogen-bond acceptors (Lipinski definition) is 5. The van der Waals surface area contributed by atoms with Gasteiger partial charge in [0.1, 0.15) is 6.07 Å². The lowest BCUT2D eigenvalue weighted by atomic mass is 10.1. The molecule has 1 aliphatic rings. The Hall–Kier alpha value is -2.32. The normalized spacial score (nSPS) is 18.8. The number of aliphatic hydroxyl groups excluding tert-OH is 1. The average Bonchev–Trinajstić information content (AvgIpc) is 2.92. The van der Waals surface area contributed by atoms with Gasteiger partial charge in [-0.15, -0.1) is 0 Å². The van der Waals surface area contributed by atoms with E-state index >= 15 is 0 Å². The Bertz CT molecular complexity index is 630. The van der Waals surface area contributed by atoms with Gasteiger partial charge in [-0.3, -0.25) is 0 Å². The summed E-state index contributed by atoms with van der Waals surface area (Å²) >= 11 is 0. The molecule has 1 aromatic carbocycles. The SMILES string of the molecule is N#Cc1nc(-c2ccccc2)oc1N1CCC[C@@H](O)C1. The van der Waals surface area contributed by atoms with E-state index in [9.17, 15) is 10.4 Å². The van der Waals surface area contributed by atoms with E-state index in [-0.39, 0.29) is 11.8 Å². The molecule has 0 amide bonds. The van der Waals surface area contributed by atoms with Crippen LogP contribution in [0.1, 0.15) is 18.5 Å². The van der Waals surface area contributed by atoms with Gasteiger partial charge in [0.15, 0.2) is 0 Å². The molecule has 1 aromatic heterocycles. The van der Waals surface area contributed by atoms with Crippen molar-refractivity contribution in [3.05, 3.63) is 36.0 Å². The first-order chi connectivity index (χ1) is 9.78. The Morgan fingerprint density at radius 1 is 1.35 bits per heavy atom. The van der Waals surface area contributed by atoms with Crippen LogP contribution < -0.4 is 4.90 Å². The maximum absolute atomic E-state index is 9.74. The van der Waals surface area contributed by atoms with E-state index < -0.39 is 0 Å². The highest BCUT2D eigenvalue weighted by atomic mass is 16.4. The van der Waals surface area contributed by atoms with Crippen LogP contribution in [-0.2, 0) is 0 Å². The largest absolute Gasteiger partial charge is 0.419 e. The topological polar surface area (TPSA) is 73.3 Å². The molecule has 5 heteroatoms. The van der Waals surface area contributed by atoms with Gasteiger partial charge >= 0.3 is 0 Å². The molecule has 1 N–H and O–H groups in total. The highest BCUT2D eigenvalue weighted by Gasteiger charge is 2.25. The summed E-state index contributed by atoms with van der Waals surface area (Å²) in [4.78, 5) is 6.14. The summed E-state index contributed by atoms with van der Waals surface area (Å²) in [5, 5.41) is 19.0. The highest BCUT2D eigenvalue weighted by Crippen LogP contribution is 2.29. The van der Waals surface area contributed by atoms with Crippen molar-refractivity contribution < 1.29 is 9.52 Å². The summed E-state index contributed by atoms with van der Waals surface area (Å²) < 4.78 is 5.76. The summed E-state index contributed by atoms with van der Waals surface area (Å²) in [5.41, 5.74) is 1.12. The molecule has 1 fully saturated rings. The summed E-state index contributed by atoms with van der Waals surface area (Å²) in [7, 11) is 0. The van der Waals surface area contributed by atoms with Gasteiger partial charge in [-0.2, -0.15) is 10.2 Å². The average molecular weight is 269 g/mol. The zero-order valence-electron chi connectivity index (χ0n) is 11.0. The third-order valence-electron chi connectivity index (χ3n) is 3.42. The lowest BCUT2D eigenvalue weighted by molar-refractivity contribution is 0.152. The van der Waals surface area contributed by atoms with Gasteiger partial charge in [-0.1, -0.05) is 18.2 Å². The third kappa shape index (κ3) is 2.38. The molecule has 0 spiro atoms. The molecular weight excluding hydrogens is 254 g/mol. The number of rotatable bonds is 2. The number of benzene rings is 1. The minimum atomic E-state index is -0.374. The van der Waals surface area contributed by atoms with Crippen LogP contribution in [-0.4, -0.2) is 29.3 Å². The zero-order chi connectivity index (χ0) is 13.9. The molecule has 0 unspecified atom stereocenters. The van der Waals surface area contributed by atoms with Gasteiger partial charge < -0.3 is 14.4 Å². The molecule has 0 radical (unpaired) electrons. The second-order valence-electron chi connectivity index (χ2n) is 4.89. The molecule has 5 nitrogen and oxygen atoms in total. The Balaban J connectivity index is 1.95. The van der Waals surface area contributed by atoms with E-state index in [0.717, 1.165) is 24.9 Å². The Morgan fingerprint density at radius 3 is 2.85 bits per heavy atom. The molecular formula is C15H15N3O2. The van der Waals surface area contributed by atoms with Crippen molar-refractivity contribution in [2.75, 3.05) is 18.0 Å². The number of oxazole rings is 1. The van der Waals surface area contributed by atoms with Gasteiger partial charge in [-0.05, 0) is 25.0 Å². The summed E-state index contributed by atoms with van der Waals surface area (Å²) in [6.45, 7) is 1.26. The second kappa shape index (κ2) is 5.35. The van der Waals surface area contributed by atoms with Crippen LogP contribution in [0.25, 0.3) is 11.5 Å². The predicted octanol–water partition coefficient (Wildman–Crippen LogP) is 2.17. The third-order valence-corrected chi connectivity index (χ3v) is 3.42. The number of β-amino-alcohol motifs (C(OH)–C–C–N with tert-alkyl or cyclic N) is 1. The van der Waals surface area contributed by atoms with Crippen LogP contribution in [0.3, 0.4) is 0 Å².